The third-order valence-electron chi connectivity index (χ3n) is 3.04. The molecule has 0 aliphatic rings. The number of benzene rings is 2. The molecule has 106 valence electrons. The van der Waals surface area contributed by atoms with E-state index in [-0.39, 0.29) is 12.4 Å². The fourth-order valence-corrected chi connectivity index (χ4v) is 2.29. The average molecular weight is 288 g/mol. The summed E-state index contributed by atoms with van der Waals surface area (Å²) < 4.78 is 0. The Morgan fingerprint density at radius 1 is 0.800 bits per heavy atom. The van der Waals surface area contributed by atoms with E-state index in [1.165, 1.54) is 21.6 Å². The molecule has 0 heterocycles. The molecule has 0 bridgehead atoms. The zero-order valence-electron chi connectivity index (χ0n) is 12.1. The zero-order valence-corrected chi connectivity index (χ0v) is 12.9. The number of halogens is 1. The third kappa shape index (κ3) is 5.60. The summed E-state index contributed by atoms with van der Waals surface area (Å²) in [5.74, 6) is 0. The highest BCUT2D eigenvalue weighted by Gasteiger charge is 2.08. The van der Waals surface area contributed by atoms with Gasteiger partial charge in [-0.3, -0.25) is 0 Å². The minimum atomic E-state index is 0. The Labute approximate surface area is 128 Å². The van der Waals surface area contributed by atoms with Crippen LogP contribution in [0.1, 0.15) is 25.0 Å². The van der Waals surface area contributed by atoms with Crippen LogP contribution in [0.4, 0.5) is 0 Å². The molecular weight excluding hydrogens is 266 g/mol. The van der Waals surface area contributed by atoms with E-state index >= 15 is 0 Å². The Bertz CT molecular complexity index is 474. The second-order valence-corrected chi connectivity index (χ2v) is 5.20. The fraction of sp³-hybridized carbons (Fsp3) is 0.222. The van der Waals surface area contributed by atoms with Crippen LogP contribution < -0.4 is 17.3 Å². The van der Waals surface area contributed by atoms with E-state index in [0.717, 1.165) is 13.1 Å². The molecule has 0 aliphatic carbocycles. The van der Waals surface area contributed by atoms with E-state index in [4.69, 9.17) is 0 Å². The van der Waals surface area contributed by atoms with Crippen LogP contribution in [-0.4, -0.2) is 0 Å². The number of rotatable bonds is 5. The van der Waals surface area contributed by atoms with Gasteiger partial charge in [-0.05, 0) is 19.4 Å². The summed E-state index contributed by atoms with van der Waals surface area (Å²) in [5.41, 5.74) is 4.12. The van der Waals surface area contributed by atoms with Crippen molar-refractivity contribution in [1.29, 1.82) is 0 Å². The van der Waals surface area contributed by atoms with Crippen molar-refractivity contribution >= 4 is 0 Å². The van der Waals surface area contributed by atoms with Gasteiger partial charge >= 0.3 is 0 Å². The largest absolute Gasteiger partial charge is 1.00 e. The molecule has 20 heavy (non-hydrogen) atoms. The van der Waals surface area contributed by atoms with Crippen molar-refractivity contribution in [3.05, 3.63) is 83.6 Å². The Kier molecular flexibility index (Phi) is 7.06. The van der Waals surface area contributed by atoms with Gasteiger partial charge in [0.05, 0.1) is 6.20 Å². The molecule has 1 nitrogen and oxygen atoms in total. The SMILES string of the molecule is CC(C)=C[NH+](Cc1ccccc1)Cc1ccccc1.[Cl-]. The van der Waals surface area contributed by atoms with Crippen LogP contribution in [0.3, 0.4) is 0 Å². The van der Waals surface area contributed by atoms with E-state index in [2.05, 4.69) is 80.7 Å². The summed E-state index contributed by atoms with van der Waals surface area (Å²) in [6, 6.07) is 21.4. The minimum Gasteiger partial charge on any atom is -1.00 e. The molecular formula is C18H22ClN. The molecule has 2 heteroatoms. The normalized spacial score (nSPS) is 9.95. The third-order valence-corrected chi connectivity index (χ3v) is 3.04. The van der Waals surface area contributed by atoms with Crippen LogP contribution in [-0.2, 0) is 13.1 Å². The van der Waals surface area contributed by atoms with Crippen molar-refractivity contribution in [2.45, 2.75) is 26.9 Å². The molecule has 0 radical (unpaired) electrons. The Balaban J connectivity index is 0.00000200. The van der Waals surface area contributed by atoms with Crippen molar-refractivity contribution in [1.82, 2.24) is 0 Å². The molecule has 0 amide bonds. The van der Waals surface area contributed by atoms with Crippen molar-refractivity contribution in [3.8, 4) is 0 Å². The summed E-state index contributed by atoms with van der Waals surface area (Å²) in [4.78, 5) is 1.47. The molecule has 0 spiro atoms. The first-order valence-corrected chi connectivity index (χ1v) is 6.81. The summed E-state index contributed by atoms with van der Waals surface area (Å²) in [7, 11) is 0. The maximum Gasteiger partial charge on any atom is 0.107 e. The summed E-state index contributed by atoms with van der Waals surface area (Å²) in [6.45, 7) is 6.38. The molecule has 0 saturated heterocycles. The fourth-order valence-electron chi connectivity index (χ4n) is 2.29. The molecule has 0 saturated carbocycles. The van der Waals surface area contributed by atoms with E-state index in [1.807, 2.05) is 0 Å². The summed E-state index contributed by atoms with van der Waals surface area (Å²) in [6.07, 6.45) is 2.32. The molecule has 0 unspecified atom stereocenters. The number of allylic oxidation sites excluding steroid dienone is 1. The highest BCUT2D eigenvalue weighted by Crippen LogP contribution is 1.99. The molecule has 0 fully saturated rings. The van der Waals surface area contributed by atoms with E-state index in [0.29, 0.717) is 0 Å². The maximum absolute atomic E-state index is 2.32. The molecule has 2 rings (SSSR count). The molecule has 0 aromatic heterocycles. The summed E-state index contributed by atoms with van der Waals surface area (Å²) >= 11 is 0. The van der Waals surface area contributed by atoms with Crippen LogP contribution in [0.25, 0.3) is 0 Å². The number of hydrogen-bond donors (Lipinski definition) is 1. The Hall–Kier alpha value is -1.57. The predicted octanol–water partition coefficient (Wildman–Crippen LogP) is 0.199. The van der Waals surface area contributed by atoms with Gasteiger partial charge in [0.15, 0.2) is 0 Å². The van der Waals surface area contributed by atoms with E-state index < -0.39 is 0 Å². The smallest absolute Gasteiger partial charge is 0.107 e. The average Bonchev–Trinajstić information content (AvgIpc) is 2.40. The zero-order chi connectivity index (χ0) is 13.5. The minimum absolute atomic E-state index is 0. The molecule has 0 aliphatic heterocycles. The second-order valence-electron chi connectivity index (χ2n) is 5.20. The van der Waals surface area contributed by atoms with Gasteiger partial charge in [0.1, 0.15) is 13.1 Å². The van der Waals surface area contributed by atoms with E-state index in [1.54, 1.807) is 0 Å². The number of quaternary nitrogens is 1. The van der Waals surface area contributed by atoms with Gasteiger partial charge in [-0.15, -0.1) is 0 Å². The molecule has 0 atom stereocenters. The lowest BCUT2D eigenvalue weighted by molar-refractivity contribution is -0.876. The van der Waals surface area contributed by atoms with E-state index in [9.17, 15) is 0 Å². The lowest BCUT2D eigenvalue weighted by Crippen LogP contribution is -3.04. The van der Waals surface area contributed by atoms with Gasteiger partial charge in [0.25, 0.3) is 0 Å². The van der Waals surface area contributed by atoms with Gasteiger partial charge in [0.2, 0.25) is 0 Å². The van der Waals surface area contributed by atoms with Crippen molar-refractivity contribution in [2.75, 3.05) is 0 Å². The summed E-state index contributed by atoms with van der Waals surface area (Å²) in [5, 5.41) is 0. The van der Waals surface area contributed by atoms with Gasteiger partial charge in [-0.25, -0.2) is 0 Å². The highest BCUT2D eigenvalue weighted by atomic mass is 35.5. The van der Waals surface area contributed by atoms with Gasteiger partial charge < -0.3 is 17.3 Å². The van der Waals surface area contributed by atoms with Gasteiger partial charge in [0, 0.05) is 11.1 Å². The second kappa shape index (κ2) is 8.57. The Morgan fingerprint density at radius 2 is 1.20 bits per heavy atom. The predicted molar refractivity (Wildman–Crippen MR) is 80.7 cm³/mol. The van der Waals surface area contributed by atoms with Crippen LogP contribution in [0.2, 0.25) is 0 Å². The lowest BCUT2D eigenvalue weighted by atomic mass is 10.1. The van der Waals surface area contributed by atoms with Crippen molar-refractivity contribution < 1.29 is 17.3 Å². The van der Waals surface area contributed by atoms with Crippen LogP contribution >= 0.6 is 0 Å². The first-order valence-electron chi connectivity index (χ1n) is 6.81. The lowest BCUT2D eigenvalue weighted by Gasteiger charge is -2.16. The van der Waals surface area contributed by atoms with Crippen molar-refractivity contribution in [3.63, 3.8) is 0 Å². The number of hydrogen-bond acceptors (Lipinski definition) is 0. The molecule has 1 N–H and O–H groups in total. The highest BCUT2D eigenvalue weighted by molar-refractivity contribution is 5.15. The number of nitrogens with one attached hydrogen (secondary N) is 1. The molecule has 2 aromatic carbocycles. The van der Waals surface area contributed by atoms with Crippen LogP contribution in [0.5, 0.6) is 0 Å². The first-order chi connectivity index (χ1) is 9.24. The van der Waals surface area contributed by atoms with Gasteiger partial charge in [-0.1, -0.05) is 60.7 Å². The van der Waals surface area contributed by atoms with Gasteiger partial charge in [-0.2, -0.15) is 0 Å². The first kappa shape index (κ1) is 16.5. The maximum atomic E-state index is 2.32. The topological polar surface area (TPSA) is 4.44 Å². The van der Waals surface area contributed by atoms with Crippen LogP contribution in [0.15, 0.2) is 72.4 Å². The standard InChI is InChI=1S/C18H21N.ClH/c1-16(2)13-19(14-17-9-5-3-6-10-17)15-18-11-7-4-8-12-18;/h3-13H,14-15H2,1-2H3;1H. The molecule has 2 aromatic rings. The Morgan fingerprint density at radius 3 is 1.55 bits per heavy atom. The van der Waals surface area contributed by atoms with Crippen LogP contribution in [0, 0.1) is 0 Å². The van der Waals surface area contributed by atoms with Crippen molar-refractivity contribution in [2.24, 2.45) is 0 Å². The monoisotopic (exact) mass is 287 g/mol. The quantitative estimate of drug-likeness (QED) is 0.801.